The zero-order valence-corrected chi connectivity index (χ0v) is 13.6. The van der Waals surface area contributed by atoms with E-state index in [-0.39, 0.29) is 0 Å². The molecule has 1 atom stereocenters. The van der Waals surface area contributed by atoms with Crippen molar-refractivity contribution in [2.45, 2.75) is 53.2 Å². The van der Waals surface area contributed by atoms with Crippen LogP contribution in [0.3, 0.4) is 0 Å². The molecule has 0 saturated carbocycles. The summed E-state index contributed by atoms with van der Waals surface area (Å²) < 4.78 is 0. The van der Waals surface area contributed by atoms with Crippen LogP contribution in [0.25, 0.3) is 0 Å². The Hall–Kier alpha value is -0.800. The molecule has 19 heavy (non-hydrogen) atoms. The lowest BCUT2D eigenvalue weighted by molar-refractivity contribution is 0.502. The van der Waals surface area contributed by atoms with E-state index in [2.05, 4.69) is 49.8 Å². The molecule has 0 radical (unpaired) electrons. The van der Waals surface area contributed by atoms with Crippen LogP contribution in [-0.2, 0) is 6.54 Å². The molecule has 0 fully saturated rings. The lowest BCUT2D eigenvalue weighted by Crippen LogP contribution is -2.34. The maximum Gasteiger partial charge on any atom is 0.147 e. The minimum atomic E-state index is 0.407. The van der Waals surface area contributed by atoms with Gasteiger partial charge in [-0.2, -0.15) is 0 Å². The highest BCUT2D eigenvalue weighted by molar-refractivity contribution is 6.33. The predicted octanol–water partition coefficient (Wildman–Crippen LogP) is 3.71. The van der Waals surface area contributed by atoms with Gasteiger partial charge in [0.25, 0.3) is 0 Å². The highest BCUT2D eigenvalue weighted by Gasteiger charge is 2.17. The molecule has 4 heteroatoms. The van der Waals surface area contributed by atoms with Crippen LogP contribution >= 0.6 is 11.6 Å². The Labute approximate surface area is 122 Å². The van der Waals surface area contributed by atoms with Crippen molar-refractivity contribution < 1.29 is 0 Å². The van der Waals surface area contributed by atoms with Gasteiger partial charge in [-0.3, -0.25) is 0 Å². The highest BCUT2D eigenvalue weighted by Crippen LogP contribution is 2.26. The number of hydrogen-bond acceptors (Lipinski definition) is 3. The Balaban J connectivity index is 2.82. The van der Waals surface area contributed by atoms with Crippen molar-refractivity contribution >= 4 is 17.4 Å². The molecule has 1 aromatic rings. The van der Waals surface area contributed by atoms with Crippen LogP contribution in [-0.4, -0.2) is 24.1 Å². The van der Waals surface area contributed by atoms with Gasteiger partial charge >= 0.3 is 0 Å². The Bertz CT molecular complexity index is 404. The Morgan fingerprint density at radius 1 is 1.26 bits per heavy atom. The van der Waals surface area contributed by atoms with E-state index < -0.39 is 0 Å². The zero-order valence-electron chi connectivity index (χ0n) is 12.9. The average molecular weight is 284 g/mol. The Morgan fingerprint density at radius 3 is 2.37 bits per heavy atom. The first-order valence-electron chi connectivity index (χ1n) is 6.93. The van der Waals surface area contributed by atoms with Gasteiger partial charge in [-0.05, 0) is 24.5 Å². The number of aromatic nitrogens is 1. The second-order valence-electron chi connectivity index (χ2n) is 5.78. The minimum absolute atomic E-state index is 0.407. The smallest absolute Gasteiger partial charge is 0.147 e. The number of pyridine rings is 1. The summed E-state index contributed by atoms with van der Waals surface area (Å²) in [5.74, 6) is 1.42. The third kappa shape index (κ3) is 4.66. The van der Waals surface area contributed by atoms with Gasteiger partial charge < -0.3 is 10.2 Å². The van der Waals surface area contributed by atoms with Crippen molar-refractivity contribution in [3.8, 4) is 0 Å². The van der Waals surface area contributed by atoms with E-state index in [0.717, 1.165) is 22.9 Å². The number of hydrogen-bond donors (Lipinski definition) is 1. The topological polar surface area (TPSA) is 28.2 Å². The fourth-order valence-corrected chi connectivity index (χ4v) is 2.11. The summed E-state index contributed by atoms with van der Waals surface area (Å²) in [6.07, 6.45) is 1.90. The van der Waals surface area contributed by atoms with Crippen molar-refractivity contribution in [3.05, 3.63) is 22.8 Å². The van der Waals surface area contributed by atoms with E-state index in [1.54, 1.807) is 0 Å². The van der Waals surface area contributed by atoms with E-state index in [9.17, 15) is 0 Å². The summed E-state index contributed by atoms with van der Waals surface area (Å²) in [5.41, 5.74) is 1.12. The van der Waals surface area contributed by atoms with Crippen LogP contribution in [0.5, 0.6) is 0 Å². The molecule has 1 N–H and O–H groups in total. The van der Waals surface area contributed by atoms with Crippen molar-refractivity contribution in [1.82, 2.24) is 10.3 Å². The van der Waals surface area contributed by atoms with Gasteiger partial charge in [0.15, 0.2) is 0 Å². The van der Waals surface area contributed by atoms with Gasteiger partial charge in [0.1, 0.15) is 5.82 Å². The monoisotopic (exact) mass is 283 g/mol. The molecule has 1 aromatic heterocycles. The second kappa shape index (κ2) is 7.11. The molecule has 1 rings (SSSR count). The van der Waals surface area contributed by atoms with E-state index in [1.165, 1.54) is 0 Å². The third-order valence-electron chi connectivity index (χ3n) is 3.50. The van der Waals surface area contributed by atoms with Crippen LogP contribution in [0.1, 0.15) is 40.2 Å². The van der Waals surface area contributed by atoms with Crippen molar-refractivity contribution in [2.24, 2.45) is 5.92 Å². The standard InChI is InChI=1S/C15H26ClN3/c1-10(2)12(5)19(6)15-14(16)7-13(9-18-15)8-17-11(3)4/h7,9-12,17H,8H2,1-6H3. The normalized spacial score (nSPS) is 13.1. The molecule has 0 spiro atoms. The summed E-state index contributed by atoms with van der Waals surface area (Å²) >= 11 is 6.36. The van der Waals surface area contributed by atoms with Crippen LogP contribution in [0.2, 0.25) is 5.02 Å². The molecule has 0 saturated heterocycles. The van der Waals surface area contributed by atoms with Gasteiger partial charge in [-0.1, -0.05) is 39.3 Å². The number of rotatable bonds is 6. The molecule has 0 bridgehead atoms. The molecule has 1 heterocycles. The van der Waals surface area contributed by atoms with Gasteiger partial charge in [-0.15, -0.1) is 0 Å². The molecule has 3 nitrogen and oxygen atoms in total. The van der Waals surface area contributed by atoms with Crippen molar-refractivity contribution in [1.29, 1.82) is 0 Å². The van der Waals surface area contributed by atoms with Crippen molar-refractivity contribution in [2.75, 3.05) is 11.9 Å². The number of anilines is 1. The average Bonchev–Trinajstić information content (AvgIpc) is 2.34. The van der Waals surface area contributed by atoms with Gasteiger partial charge in [0, 0.05) is 31.9 Å². The van der Waals surface area contributed by atoms with Crippen molar-refractivity contribution in [3.63, 3.8) is 0 Å². The summed E-state index contributed by atoms with van der Waals surface area (Å²) in [4.78, 5) is 6.66. The van der Waals surface area contributed by atoms with Gasteiger partial charge in [-0.25, -0.2) is 4.98 Å². The zero-order chi connectivity index (χ0) is 14.6. The lowest BCUT2D eigenvalue weighted by Gasteiger charge is -2.29. The van der Waals surface area contributed by atoms with E-state index in [1.807, 2.05) is 19.3 Å². The van der Waals surface area contributed by atoms with Gasteiger partial charge in [0.05, 0.1) is 5.02 Å². The number of nitrogens with one attached hydrogen (secondary N) is 1. The van der Waals surface area contributed by atoms with E-state index in [4.69, 9.17) is 11.6 Å². The summed E-state index contributed by atoms with van der Waals surface area (Å²) in [6.45, 7) is 11.7. The third-order valence-corrected chi connectivity index (χ3v) is 3.78. The maximum absolute atomic E-state index is 6.36. The molecule has 0 aliphatic heterocycles. The summed E-state index contributed by atoms with van der Waals surface area (Å²) in [7, 11) is 2.05. The first-order valence-corrected chi connectivity index (χ1v) is 7.31. The first kappa shape index (κ1) is 16.3. The largest absolute Gasteiger partial charge is 0.355 e. The molecular formula is C15H26ClN3. The molecule has 1 unspecified atom stereocenters. The fraction of sp³-hybridized carbons (Fsp3) is 0.667. The molecule has 0 amide bonds. The Kier molecular flexibility index (Phi) is 6.08. The quantitative estimate of drug-likeness (QED) is 0.863. The van der Waals surface area contributed by atoms with Crippen LogP contribution in [0.15, 0.2) is 12.3 Å². The SMILES string of the molecule is CC(C)NCc1cnc(N(C)C(C)C(C)C)c(Cl)c1. The molecule has 0 aliphatic carbocycles. The van der Waals surface area contributed by atoms with Crippen LogP contribution in [0.4, 0.5) is 5.82 Å². The van der Waals surface area contributed by atoms with E-state index in [0.29, 0.717) is 18.0 Å². The number of nitrogens with zero attached hydrogens (tertiary/aromatic N) is 2. The minimum Gasteiger partial charge on any atom is -0.355 e. The Morgan fingerprint density at radius 2 is 1.89 bits per heavy atom. The molecular weight excluding hydrogens is 258 g/mol. The first-order chi connectivity index (χ1) is 8.82. The van der Waals surface area contributed by atoms with Crippen LogP contribution in [0, 0.1) is 5.92 Å². The predicted molar refractivity (Wildman–Crippen MR) is 83.9 cm³/mol. The summed E-state index contributed by atoms with van der Waals surface area (Å²) in [6, 6.07) is 2.87. The molecule has 108 valence electrons. The lowest BCUT2D eigenvalue weighted by atomic mass is 10.1. The van der Waals surface area contributed by atoms with Gasteiger partial charge in [0.2, 0.25) is 0 Å². The summed E-state index contributed by atoms with van der Waals surface area (Å²) in [5, 5.41) is 4.09. The fourth-order valence-electron chi connectivity index (χ4n) is 1.79. The van der Waals surface area contributed by atoms with E-state index >= 15 is 0 Å². The van der Waals surface area contributed by atoms with Crippen LogP contribution < -0.4 is 10.2 Å². The maximum atomic E-state index is 6.36. The molecule has 0 aliphatic rings. The molecule has 0 aromatic carbocycles. The highest BCUT2D eigenvalue weighted by atomic mass is 35.5. The second-order valence-corrected chi connectivity index (χ2v) is 6.19. The number of halogens is 1.